The van der Waals surface area contributed by atoms with Crippen LogP contribution >= 0.6 is 11.3 Å². The van der Waals surface area contributed by atoms with E-state index in [1.165, 1.54) is 24.0 Å². The van der Waals surface area contributed by atoms with Gasteiger partial charge in [0.15, 0.2) is 0 Å². The number of rotatable bonds is 8. The van der Waals surface area contributed by atoms with Crippen molar-refractivity contribution in [2.24, 2.45) is 0 Å². The molecule has 1 atom stereocenters. The smallest absolute Gasteiger partial charge is 0.220 e. The van der Waals surface area contributed by atoms with E-state index in [0.717, 1.165) is 38.9 Å². The number of aryl methyl sites for hydroxylation is 2. The molecule has 1 aliphatic heterocycles. The molecule has 0 radical (unpaired) electrons. The predicted octanol–water partition coefficient (Wildman–Crippen LogP) is 3.89. The summed E-state index contributed by atoms with van der Waals surface area (Å²) in [6.45, 7) is 3.28. The molecule has 134 valence electrons. The maximum Gasteiger partial charge on any atom is 0.220 e. The number of piperidine rings is 1. The fourth-order valence-corrected chi connectivity index (χ4v) is 4.22. The van der Waals surface area contributed by atoms with Gasteiger partial charge >= 0.3 is 0 Å². The van der Waals surface area contributed by atoms with Gasteiger partial charge in [0.2, 0.25) is 5.91 Å². The molecule has 1 N–H and O–H groups in total. The Morgan fingerprint density at radius 3 is 2.84 bits per heavy atom. The fourth-order valence-electron chi connectivity index (χ4n) is 3.52. The molecule has 1 aromatic carbocycles. The molecular formula is C21H28N2OS. The van der Waals surface area contributed by atoms with E-state index in [2.05, 4.69) is 57.4 Å². The highest BCUT2D eigenvalue weighted by molar-refractivity contribution is 7.07. The Balaban J connectivity index is 1.35. The second-order valence-corrected chi connectivity index (χ2v) is 7.71. The summed E-state index contributed by atoms with van der Waals surface area (Å²) < 4.78 is 0. The average molecular weight is 357 g/mol. The van der Waals surface area contributed by atoms with E-state index < -0.39 is 0 Å². The zero-order chi connectivity index (χ0) is 17.3. The third-order valence-electron chi connectivity index (χ3n) is 4.87. The highest BCUT2D eigenvalue weighted by atomic mass is 32.1. The van der Waals surface area contributed by atoms with Crippen LogP contribution in [-0.4, -0.2) is 36.5 Å². The molecule has 1 fully saturated rings. The van der Waals surface area contributed by atoms with Gasteiger partial charge in [0, 0.05) is 19.0 Å². The number of thiophene rings is 1. The van der Waals surface area contributed by atoms with Crippen LogP contribution in [0, 0.1) is 0 Å². The quantitative estimate of drug-likeness (QED) is 0.778. The molecule has 0 saturated carbocycles. The van der Waals surface area contributed by atoms with Gasteiger partial charge in [-0.3, -0.25) is 4.79 Å². The van der Waals surface area contributed by atoms with Crippen molar-refractivity contribution in [3.05, 3.63) is 58.3 Å². The number of nitrogens with one attached hydrogen (secondary N) is 1. The molecule has 0 aliphatic carbocycles. The van der Waals surface area contributed by atoms with E-state index in [0.29, 0.717) is 12.5 Å². The molecule has 0 bridgehead atoms. The summed E-state index contributed by atoms with van der Waals surface area (Å²) in [6.07, 6.45) is 6.06. The number of carbonyl (C=O) groups excluding carboxylic acids is 1. The Morgan fingerprint density at radius 1 is 1.16 bits per heavy atom. The van der Waals surface area contributed by atoms with Crippen molar-refractivity contribution in [2.45, 2.75) is 44.6 Å². The van der Waals surface area contributed by atoms with Gasteiger partial charge in [-0.25, -0.2) is 0 Å². The van der Waals surface area contributed by atoms with Crippen LogP contribution in [0.25, 0.3) is 0 Å². The number of nitrogens with zero attached hydrogens (tertiary/aromatic N) is 1. The summed E-state index contributed by atoms with van der Waals surface area (Å²) in [5.74, 6) is 0.197. The van der Waals surface area contributed by atoms with Crippen molar-refractivity contribution in [3.63, 3.8) is 0 Å². The Bertz CT molecular complexity index is 627. The summed E-state index contributed by atoms with van der Waals surface area (Å²) in [5.41, 5.74) is 2.68. The highest BCUT2D eigenvalue weighted by Crippen LogP contribution is 2.13. The maximum absolute atomic E-state index is 12.2. The topological polar surface area (TPSA) is 32.3 Å². The van der Waals surface area contributed by atoms with Crippen LogP contribution < -0.4 is 5.32 Å². The molecule has 1 saturated heterocycles. The van der Waals surface area contributed by atoms with Gasteiger partial charge in [-0.05, 0) is 73.1 Å². The molecule has 0 spiro atoms. The van der Waals surface area contributed by atoms with Gasteiger partial charge < -0.3 is 10.2 Å². The fraction of sp³-hybridized carbons (Fsp3) is 0.476. The molecule has 1 aromatic heterocycles. The van der Waals surface area contributed by atoms with Crippen LogP contribution in [0.1, 0.15) is 36.8 Å². The summed E-state index contributed by atoms with van der Waals surface area (Å²) in [5, 5.41) is 7.44. The third kappa shape index (κ3) is 6.29. The lowest BCUT2D eigenvalue weighted by Crippen LogP contribution is -2.48. The van der Waals surface area contributed by atoms with Crippen LogP contribution in [0.2, 0.25) is 0 Å². The van der Waals surface area contributed by atoms with Crippen LogP contribution in [0.3, 0.4) is 0 Å². The van der Waals surface area contributed by atoms with E-state index in [-0.39, 0.29) is 5.91 Å². The van der Waals surface area contributed by atoms with Crippen molar-refractivity contribution in [3.8, 4) is 0 Å². The molecule has 4 heteroatoms. The highest BCUT2D eigenvalue weighted by Gasteiger charge is 2.20. The Kier molecular flexibility index (Phi) is 7.07. The maximum atomic E-state index is 12.2. The zero-order valence-electron chi connectivity index (χ0n) is 14.8. The standard InChI is InChI=1S/C21H28N2OS/c24-21(11-10-19-12-15-25-17-19)22-20-9-5-14-23(16-20)13-4-8-18-6-2-1-3-7-18/h1-3,6-7,12,15,17,20H,4-5,8-11,13-14,16H2,(H,22,24). The Hall–Kier alpha value is -1.65. The molecule has 3 rings (SSSR count). The Morgan fingerprint density at radius 2 is 2.04 bits per heavy atom. The molecular weight excluding hydrogens is 328 g/mol. The Labute approximate surface area is 155 Å². The molecule has 1 unspecified atom stereocenters. The minimum atomic E-state index is 0.197. The van der Waals surface area contributed by atoms with Crippen LogP contribution in [-0.2, 0) is 17.6 Å². The third-order valence-corrected chi connectivity index (χ3v) is 5.61. The molecule has 2 aromatic rings. The number of hydrogen-bond donors (Lipinski definition) is 1. The monoisotopic (exact) mass is 356 g/mol. The van der Waals surface area contributed by atoms with E-state index in [1.807, 2.05) is 0 Å². The van der Waals surface area contributed by atoms with Crippen molar-refractivity contribution >= 4 is 17.2 Å². The van der Waals surface area contributed by atoms with E-state index in [1.54, 1.807) is 11.3 Å². The SMILES string of the molecule is O=C(CCc1ccsc1)NC1CCCN(CCCc2ccccc2)C1. The number of hydrogen-bond acceptors (Lipinski definition) is 3. The number of carbonyl (C=O) groups is 1. The van der Waals surface area contributed by atoms with Gasteiger partial charge in [0.05, 0.1) is 0 Å². The number of amides is 1. The summed E-state index contributed by atoms with van der Waals surface area (Å²) in [4.78, 5) is 14.7. The number of likely N-dealkylation sites (tertiary alicyclic amines) is 1. The van der Waals surface area contributed by atoms with Crippen LogP contribution in [0.15, 0.2) is 47.2 Å². The van der Waals surface area contributed by atoms with E-state index in [9.17, 15) is 4.79 Å². The first-order valence-corrected chi connectivity index (χ1v) is 10.3. The molecule has 2 heterocycles. The number of benzene rings is 1. The van der Waals surface area contributed by atoms with Crippen LogP contribution in [0.5, 0.6) is 0 Å². The normalized spacial score (nSPS) is 18.2. The van der Waals surface area contributed by atoms with Crippen LogP contribution in [0.4, 0.5) is 0 Å². The lowest BCUT2D eigenvalue weighted by molar-refractivity contribution is -0.122. The summed E-state index contributed by atoms with van der Waals surface area (Å²) >= 11 is 1.69. The van der Waals surface area contributed by atoms with Gasteiger partial charge in [0.1, 0.15) is 0 Å². The molecule has 3 nitrogen and oxygen atoms in total. The van der Waals surface area contributed by atoms with Gasteiger partial charge in [0.25, 0.3) is 0 Å². The van der Waals surface area contributed by atoms with E-state index >= 15 is 0 Å². The molecule has 1 aliphatic rings. The average Bonchev–Trinajstić information content (AvgIpc) is 3.15. The summed E-state index contributed by atoms with van der Waals surface area (Å²) in [7, 11) is 0. The zero-order valence-corrected chi connectivity index (χ0v) is 15.6. The largest absolute Gasteiger partial charge is 0.352 e. The second-order valence-electron chi connectivity index (χ2n) is 6.93. The first kappa shape index (κ1) is 18.2. The predicted molar refractivity (Wildman–Crippen MR) is 105 cm³/mol. The lowest BCUT2D eigenvalue weighted by atomic mass is 10.0. The first-order valence-electron chi connectivity index (χ1n) is 9.36. The molecule has 25 heavy (non-hydrogen) atoms. The van der Waals surface area contributed by atoms with Crippen molar-refractivity contribution in [1.82, 2.24) is 10.2 Å². The minimum absolute atomic E-state index is 0.197. The van der Waals surface area contributed by atoms with Crippen molar-refractivity contribution < 1.29 is 4.79 Å². The van der Waals surface area contributed by atoms with Gasteiger partial charge in [-0.2, -0.15) is 11.3 Å². The second kappa shape index (κ2) is 9.73. The van der Waals surface area contributed by atoms with Gasteiger partial charge in [-0.15, -0.1) is 0 Å². The van der Waals surface area contributed by atoms with Crippen molar-refractivity contribution in [2.75, 3.05) is 19.6 Å². The first-order chi connectivity index (χ1) is 12.3. The van der Waals surface area contributed by atoms with Crippen molar-refractivity contribution in [1.29, 1.82) is 0 Å². The van der Waals surface area contributed by atoms with E-state index in [4.69, 9.17) is 0 Å². The summed E-state index contributed by atoms with van der Waals surface area (Å²) in [6, 6.07) is 13.1. The van der Waals surface area contributed by atoms with Gasteiger partial charge in [-0.1, -0.05) is 30.3 Å². The minimum Gasteiger partial charge on any atom is -0.352 e. The lowest BCUT2D eigenvalue weighted by Gasteiger charge is -2.33. The molecule has 1 amide bonds.